The third-order valence-electron chi connectivity index (χ3n) is 3.26. The van der Waals surface area contributed by atoms with E-state index in [1.165, 1.54) is 12.8 Å². The van der Waals surface area contributed by atoms with Crippen LogP contribution in [0, 0.1) is 0 Å². The fourth-order valence-electron chi connectivity index (χ4n) is 2.18. The first-order valence-corrected chi connectivity index (χ1v) is 7.36. The number of likely N-dealkylation sites (tertiary alicyclic amines) is 1. The fraction of sp³-hybridized carbons (Fsp3) is 0.583. The average Bonchev–Trinajstić information content (AvgIpc) is 2.87. The van der Waals surface area contributed by atoms with Crippen LogP contribution in [-0.4, -0.2) is 35.4 Å². The van der Waals surface area contributed by atoms with E-state index in [0.717, 1.165) is 30.6 Å². The molecule has 1 saturated heterocycles. The fourth-order valence-corrected chi connectivity index (χ4v) is 2.86. The normalized spacial score (nSPS) is 17.9. The number of hydrazine groups is 1. The number of thioether (sulfide) groups is 1. The highest BCUT2D eigenvalue weighted by Crippen LogP contribution is 2.22. The average molecular weight is 269 g/mol. The van der Waals surface area contributed by atoms with Crippen molar-refractivity contribution in [3.05, 3.63) is 23.7 Å². The van der Waals surface area contributed by atoms with Crippen molar-refractivity contribution in [3.63, 3.8) is 0 Å². The Morgan fingerprint density at radius 3 is 2.89 bits per heavy atom. The Morgan fingerprint density at radius 1 is 1.56 bits per heavy atom. The van der Waals surface area contributed by atoms with E-state index in [4.69, 9.17) is 10.3 Å². The van der Waals surface area contributed by atoms with E-state index in [1.807, 2.05) is 17.8 Å². The predicted octanol–water partition coefficient (Wildman–Crippen LogP) is 1.21. The number of nitrogens with zero attached hydrogens (tertiary/aromatic N) is 1. The summed E-state index contributed by atoms with van der Waals surface area (Å²) in [6.07, 6.45) is 4.61. The molecule has 0 atom stereocenters. The molecule has 1 aliphatic rings. The van der Waals surface area contributed by atoms with Crippen LogP contribution in [0.3, 0.4) is 0 Å². The molecule has 5 nitrogen and oxygen atoms in total. The summed E-state index contributed by atoms with van der Waals surface area (Å²) in [5, 5.41) is 0.788. The Bertz CT molecular complexity index is 400. The molecular formula is C12H19N3O2S. The maximum absolute atomic E-state index is 11.3. The van der Waals surface area contributed by atoms with Gasteiger partial charge in [-0.1, -0.05) is 0 Å². The molecule has 1 fully saturated rings. The molecule has 1 amide bonds. The van der Waals surface area contributed by atoms with E-state index in [-0.39, 0.29) is 11.7 Å². The highest BCUT2D eigenvalue weighted by Gasteiger charge is 2.19. The number of hydrogen-bond acceptors (Lipinski definition) is 5. The van der Waals surface area contributed by atoms with Crippen molar-refractivity contribution in [3.8, 4) is 0 Å². The SMILES string of the molecule is CSC1CCN(Cc2ccc(C(=O)NN)o2)CC1. The minimum atomic E-state index is -0.387. The number of furan rings is 1. The second-order valence-corrected chi connectivity index (χ2v) is 5.59. The minimum Gasteiger partial charge on any atom is -0.455 e. The van der Waals surface area contributed by atoms with Crippen molar-refractivity contribution in [2.75, 3.05) is 19.3 Å². The van der Waals surface area contributed by atoms with Crippen molar-refractivity contribution >= 4 is 17.7 Å². The summed E-state index contributed by atoms with van der Waals surface area (Å²) in [7, 11) is 0. The van der Waals surface area contributed by atoms with Gasteiger partial charge in [0.1, 0.15) is 5.76 Å². The van der Waals surface area contributed by atoms with Crippen LogP contribution in [0.5, 0.6) is 0 Å². The molecule has 0 spiro atoms. The molecule has 0 aromatic carbocycles. The first-order valence-electron chi connectivity index (χ1n) is 6.07. The molecule has 2 heterocycles. The first-order chi connectivity index (χ1) is 8.72. The molecule has 6 heteroatoms. The lowest BCUT2D eigenvalue weighted by Crippen LogP contribution is -2.34. The number of nitrogen functional groups attached to an aromatic ring is 1. The molecule has 2 rings (SSSR count). The van der Waals surface area contributed by atoms with Crippen LogP contribution in [-0.2, 0) is 6.54 Å². The van der Waals surface area contributed by atoms with Crippen molar-refractivity contribution in [1.29, 1.82) is 0 Å². The van der Waals surface area contributed by atoms with Crippen LogP contribution in [0.15, 0.2) is 16.5 Å². The number of rotatable bonds is 4. The number of carbonyl (C=O) groups excluding carboxylic acids is 1. The summed E-state index contributed by atoms with van der Waals surface area (Å²) in [5.41, 5.74) is 2.06. The highest BCUT2D eigenvalue weighted by atomic mass is 32.2. The van der Waals surface area contributed by atoms with E-state index < -0.39 is 0 Å². The van der Waals surface area contributed by atoms with Crippen molar-refractivity contribution < 1.29 is 9.21 Å². The zero-order valence-corrected chi connectivity index (χ0v) is 11.3. The molecule has 0 aliphatic carbocycles. The van der Waals surface area contributed by atoms with E-state index in [0.29, 0.717) is 0 Å². The number of nitrogens with one attached hydrogen (secondary N) is 1. The summed E-state index contributed by atoms with van der Waals surface area (Å²) in [6, 6.07) is 3.50. The van der Waals surface area contributed by atoms with Gasteiger partial charge in [0, 0.05) is 5.25 Å². The van der Waals surface area contributed by atoms with Gasteiger partial charge in [-0.3, -0.25) is 15.1 Å². The van der Waals surface area contributed by atoms with Crippen LogP contribution in [0.4, 0.5) is 0 Å². The summed E-state index contributed by atoms with van der Waals surface area (Å²) in [5.74, 6) is 5.75. The van der Waals surface area contributed by atoms with Gasteiger partial charge in [-0.2, -0.15) is 11.8 Å². The summed E-state index contributed by atoms with van der Waals surface area (Å²) in [6.45, 7) is 2.94. The molecule has 18 heavy (non-hydrogen) atoms. The second-order valence-electron chi connectivity index (χ2n) is 4.45. The number of nitrogens with two attached hydrogens (primary N) is 1. The topological polar surface area (TPSA) is 71.5 Å². The third-order valence-corrected chi connectivity index (χ3v) is 4.40. The maximum atomic E-state index is 11.3. The lowest BCUT2D eigenvalue weighted by molar-refractivity contribution is 0.0921. The highest BCUT2D eigenvalue weighted by molar-refractivity contribution is 7.99. The number of amides is 1. The molecule has 3 N–H and O–H groups in total. The van der Waals surface area contributed by atoms with Gasteiger partial charge in [-0.15, -0.1) is 0 Å². The van der Waals surface area contributed by atoms with Crippen LogP contribution in [0.2, 0.25) is 0 Å². The van der Waals surface area contributed by atoms with Crippen LogP contribution >= 0.6 is 11.8 Å². The Labute approximate surface area is 111 Å². The summed E-state index contributed by atoms with van der Waals surface area (Å²) < 4.78 is 5.45. The molecule has 0 radical (unpaired) electrons. The van der Waals surface area contributed by atoms with Gasteiger partial charge in [0.25, 0.3) is 0 Å². The van der Waals surface area contributed by atoms with Gasteiger partial charge in [0.15, 0.2) is 5.76 Å². The van der Waals surface area contributed by atoms with Gasteiger partial charge in [-0.05, 0) is 44.3 Å². The molecule has 0 saturated carbocycles. The van der Waals surface area contributed by atoms with Crippen LogP contribution in [0.25, 0.3) is 0 Å². The Kier molecular flexibility index (Phi) is 4.68. The lowest BCUT2D eigenvalue weighted by Gasteiger charge is -2.30. The lowest BCUT2D eigenvalue weighted by atomic mass is 10.1. The first kappa shape index (κ1) is 13.5. The Hall–Kier alpha value is -0.980. The third kappa shape index (κ3) is 3.28. The molecule has 1 aliphatic heterocycles. The van der Waals surface area contributed by atoms with Gasteiger partial charge >= 0.3 is 5.91 Å². The van der Waals surface area contributed by atoms with Gasteiger partial charge in [0.2, 0.25) is 0 Å². The van der Waals surface area contributed by atoms with Gasteiger partial charge in [-0.25, -0.2) is 5.84 Å². The molecular weight excluding hydrogens is 250 g/mol. The summed E-state index contributed by atoms with van der Waals surface area (Å²) >= 11 is 1.95. The second kappa shape index (κ2) is 6.26. The molecule has 0 unspecified atom stereocenters. The molecule has 0 bridgehead atoms. The standard InChI is InChI=1S/C12H19N3O2S/c1-18-10-4-6-15(7-5-10)8-9-2-3-11(17-9)12(16)14-13/h2-3,10H,4-8,13H2,1H3,(H,14,16). The zero-order valence-electron chi connectivity index (χ0n) is 10.5. The smallest absolute Gasteiger partial charge is 0.300 e. The van der Waals surface area contributed by atoms with Gasteiger partial charge in [0.05, 0.1) is 6.54 Å². The Morgan fingerprint density at radius 2 is 2.28 bits per heavy atom. The van der Waals surface area contributed by atoms with Gasteiger partial charge < -0.3 is 4.42 Å². The van der Waals surface area contributed by atoms with Crippen LogP contribution in [0.1, 0.15) is 29.2 Å². The quantitative estimate of drug-likeness (QED) is 0.488. The molecule has 1 aromatic heterocycles. The van der Waals surface area contributed by atoms with Crippen molar-refractivity contribution in [2.24, 2.45) is 5.84 Å². The largest absolute Gasteiger partial charge is 0.455 e. The van der Waals surface area contributed by atoms with Crippen LogP contribution < -0.4 is 11.3 Å². The number of piperidine rings is 1. The number of hydrogen-bond donors (Lipinski definition) is 2. The van der Waals surface area contributed by atoms with E-state index in [9.17, 15) is 4.79 Å². The number of carbonyl (C=O) groups is 1. The van der Waals surface area contributed by atoms with Crippen molar-refractivity contribution in [2.45, 2.75) is 24.6 Å². The van der Waals surface area contributed by atoms with E-state index in [2.05, 4.69) is 16.6 Å². The Balaban J connectivity index is 1.86. The molecule has 1 aromatic rings. The zero-order chi connectivity index (χ0) is 13.0. The van der Waals surface area contributed by atoms with E-state index in [1.54, 1.807) is 6.07 Å². The predicted molar refractivity (Wildman–Crippen MR) is 72.2 cm³/mol. The minimum absolute atomic E-state index is 0.270. The van der Waals surface area contributed by atoms with E-state index >= 15 is 0 Å². The molecule has 100 valence electrons. The maximum Gasteiger partial charge on any atom is 0.300 e. The summed E-state index contributed by atoms with van der Waals surface area (Å²) in [4.78, 5) is 13.6. The monoisotopic (exact) mass is 269 g/mol. The van der Waals surface area contributed by atoms with Crippen molar-refractivity contribution in [1.82, 2.24) is 10.3 Å².